The second-order valence-corrected chi connectivity index (χ2v) is 6.79. The van der Waals surface area contributed by atoms with Gasteiger partial charge in [-0.1, -0.05) is 6.07 Å². The number of nitrogens with one attached hydrogen (secondary N) is 2. The molecule has 27 heavy (non-hydrogen) atoms. The lowest BCUT2D eigenvalue weighted by Crippen LogP contribution is -2.56. The summed E-state index contributed by atoms with van der Waals surface area (Å²) in [4.78, 5) is 26.6. The smallest absolute Gasteiger partial charge is 0.237 e. The number of carbonyl (C=O) groups excluding carboxylic acids is 2. The van der Waals surface area contributed by atoms with E-state index in [2.05, 4.69) is 10.6 Å². The molecule has 8 nitrogen and oxygen atoms in total. The molecular formula is C19H29N3O5. The van der Waals surface area contributed by atoms with Crippen LogP contribution in [0.5, 0.6) is 5.75 Å². The fraction of sp³-hybridized carbons (Fsp3) is 0.579. The number of amides is 2. The standard InChI is InChI=1S/C19H29N3O5/c1-12-13(2)17(27-3)5-4-14(12)9-22-7-6-20-19(26)16(22)8-18(25)21-15(10-23)11-24/h4-5,15-16,23-24H,6-11H2,1-3H3,(H,20,26)(H,21,25). The number of ether oxygens (including phenoxy) is 1. The molecule has 1 fully saturated rings. The summed E-state index contributed by atoms with van der Waals surface area (Å²) in [5.74, 6) is 0.254. The summed E-state index contributed by atoms with van der Waals surface area (Å²) < 4.78 is 5.35. The Morgan fingerprint density at radius 2 is 2.04 bits per heavy atom. The van der Waals surface area contributed by atoms with Gasteiger partial charge in [-0.3, -0.25) is 14.5 Å². The number of nitrogens with zero attached hydrogens (tertiary/aromatic N) is 1. The summed E-state index contributed by atoms with van der Waals surface area (Å²) in [6.45, 7) is 5.02. The Hall–Kier alpha value is -2.16. The molecule has 0 spiro atoms. The average Bonchev–Trinajstić information content (AvgIpc) is 2.66. The average molecular weight is 379 g/mol. The number of aliphatic hydroxyl groups excluding tert-OH is 2. The van der Waals surface area contributed by atoms with Gasteiger partial charge in [0.25, 0.3) is 0 Å². The van der Waals surface area contributed by atoms with E-state index in [4.69, 9.17) is 14.9 Å². The molecular weight excluding hydrogens is 350 g/mol. The first-order valence-electron chi connectivity index (χ1n) is 9.07. The summed E-state index contributed by atoms with van der Waals surface area (Å²) in [6, 6.07) is 2.58. The van der Waals surface area contributed by atoms with Gasteiger partial charge in [0.1, 0.15) is 5.75 Å². The third kappa shape index (κ3) is 5.18. The van der Waals surface area contributed by atoms with E-state index in [1.54, 1.807) is 7.11 Å². The lowest BCUT2D eigenvalue weighted by molar-refractivity contribution is -0.134. The van der Waals surface area contributed by atoms with Gasteiger partial charge in [0.2, 0.25) is 11.8 Å². The molecule has 150 valence electrons. The van der Waals surface area contributed by atoms with Crippen LogP contribution in [0, 0.1) is 13.8 Å². The van der Waals surface area contributed by atoms with E-state index < -0.39 is 12.1 Å². The van der Waals surface area contributed by atoms with E-state index in [9.17, 15) is 9.59 Å². The molecule has 2 amide bonds. The molecule has 0 radical (unpaired) electrons. The van der Waals surface area contributed by atoms with Crippen LogP contribution in [-0.2, 0) is 16.1 Å². The molecule has 1 unspecified atom stereocenters. The van der Waals surface area contributed by atoms with Gasteiger partial charge in [-0.05, 0) is 36.6 Å². The minimum Gasteiger partial charge on any atom is -0.496 e. The zero-order valence-electron chi connectivity index (χ0n) is 16.1. The van der Waals surface area contributed by atoms with Gasteiger partial charge >= 0.3 is 0 Å². The molecule has 1 aromatic rings. The second-order valence-electron chi connectivity index (χ2n) is 6.79. The lowest BCUT2D eigenvalue weighted by atomic mass is 10.00. The number of benzene rings is 1. The molecule has 0 bridgehead atoms. The molecule has 8 heteroatoms. The number of carbonyl (C=O) groups is 2. The summed E-state index contributed by atoms with van der Waals surface area (Å²) in [6.07, 6.45) is -0.0312. The van der Waals surface area contributed by atoms with Gasteiger partial charge in [-0.25, -0.2) is 0 Å². The van der Waals surface area contributed by atoms with Crippen molar-refractivity contribution < 1.29 is 24.5 Å². The van der Waals surface area contributed by atoms with Crippen LogP contribution in [-0.4, -0.2) is 72.4 Å². The highest BCUT2D eigenvalue weighted by molar-refractivity contribution is 5.88. The Labute approximate surface area is 159 Å². The van der Waals surface area contributed by atoms with Crippen molar-refractivity contribution in [2.45, 2.75) is 38.9 Å². The highest BCUT2D eigenvalue weighted by atomic mass is 16.5. The van der Waals surface area contributed by atoms with Gasteiger partial charge in [0.15, 0.2) is 0 Å². The van der Waals surface area contributed by atoms with Gasteiger partial charge < -0.3 is 25.6 Å². The first kappa shape index (κ1) is 21.1. The summed E-state index contributed by atoms with van der Waals surface area (Å²) in [5, 5.41) is 23.5. The summed E-state index contributed by atoms with van der Waals surface area (Å²) >= 11 is 0. The van der Waals surface area contributed by atoms with E-state index >= 15 is 0 Å². The maximum absolute atomic E-state index is 12.4. The lowest BCUT2D eigenvalue weighted by Gasteiger charge is -2.35. The maximum Gasteiger partial charge on any atom is 0.237 e. The molecule has 1 atom stereocenters. The van der Waals surface area contributed by atoms with Crippen LogP contribution in [0.25, 0.3) is 0 Å². The highest BCUT2D eigenvalue weighted by Gasteiger charge is 2.32. The van der Waals surface area contributed by atoms with Crippen LogP contribution < -0.4 is 15.4 Å². The number of aliphatic hydroxyl groups is 2. The third-order valence-electron chi connectivity index (χ3n) is 5.07. The monoisotopic (exact) mass is 379 g/mol. The van der Waals surface area contributed by atoms with Crippen LogP contribution in [0.15, 0.2) is 12.1 Å². The largest absolute Gasteiger partial charge is 0.496 e. The van der Waals surface area contributed by atoms with Crippen molar-refractivity contribution >= 4 is 11.8 Å². The van der Waals surface area contributed by atoms with Crippen molar-refractivity contribution in [3.8, 4) is 5.75 Å². The van der Waals surface area contributed by atoms with Crippen molar-refractivity contribution in [2.24, 2.45) is 0 Å². The second kappa shape index (κ2) is 9.68. The molecule has 2 rings (SSSR count). The number of methoxy groups -OCH3 is 1. The fourth-order valence-corrected chi connectivity index (χ4v) is 3.25. The van der Waals surface area contributed by atoms with Crippen LogP contribution in [0.4, 0.5) is 0 Å². The van der Waals surface area contributed by atoms with E-state index in [1.807, 2.05) is 30.9 Å². The Bertz CT molecular complexity index is 676. The molecule has 1 heterocycles. The molecule has 1 aliphatic heterocycles. The molecule has 1 saturated heterocycles. The van der Waals surface area contributed by atoms with Crippen molar-refractivity contribution in [1.82, 2.24) is 15.5 Å². The minimum absolute atomic E-state index is 0.0312. The van der Waals surface area contributed by atoms with Gasteiger partial charge in [-0.15, -0.1) is 0 Å². The Morgan fingerprint density at radius 1 is 1.33 bits per heavy atom. The first-order chi connectivity index (χ1) is 12.9. The zero-order chi connectivity index (χ0) is 20.0. The Kier molecular flexibility index (Phi) is 7.58. The number of hydrogen-bond donors (Lipinski definition) is 4. The van der Waals surface area contributed by atoms with E-state index in [1.165, 1.54) is 0 Å². The predicted octanol–water partition coefficient (Wildman–Crippen LogP) is -0.528. The van der Waals surface area contributed by atoms with Gasteiger partial charge in [0, 0.05) is 19.6 Å². The number of hydrogen-bond acceptors (Lipinski definition) is 6. The van der Waals surface area contributed by atoms with E-state index in [0.29, 0.717) is 19.6 Å². The SMILES string of the molecule is COc1ccc(CN2CCNC(=O)C2CC(=O)NC(CO)CO)c(C)c1C. The highest BCUT2D eigenvalue weighted by Crippen LogP contribution is 2.26. The van der Waals surface area contributed by atoms with E-state index in [0.717, 1.165) is 22.4 Å². The summed E-state index contributed by atoms with van der Waals surface area (Å²) in [5.41, 5.74) is 3.24. The van der Waals surface area contributed by atoms with Crippen molar-refractivity contribution in [2.75, 3.05) is 33.4 Å². The molecule has 0 aliphatic carbocycles. The van der Waals surface area contributed by atoms with Crippen molar-refractivity contribution in [1.29, 1.82) is 0 Å². The topological polar surface area (TPSA) is 111 Å². The van der Waals surface area contributed by atoms with Crippen molar-refractivity contribution in [3.05, 3.63) is 28.8 Å². The Morgan fingerprint density at radius 3 is 2.67 bits per heavy atom. The van der Waals surface area contributed by atoms with Crippen LogP contribution in [0.1, 0.15) is 23.1 Å². The zero-order valence-corrected chi connectivity index (χ0v) is 16.1. The van der Waals surface area contributed by atoms with Crippen LogP contribution in [0.2, 0.25) is 0 Å². The maximum atomic E-state index is 12.4. The predicted molar refractivity (Wildman–Crippen MR) is 100 cm³/mol. The number of rotatable bonds is 8. The van der Waals surface area contributed by atoms with Crippen LogP contribution >= 0.6 is 0 Å². The molecule has 0 aromatic heterocycles. The van der Waals surface area contributed by atoms with Gasteiger partial charge in [0.05, 0.1) is 38.8 Å². The molecule has 4 N–H and O–H groups in total. The molecule has 0 saturated carbocycles. The van der Waals surface area contributed by atoms with Crippen LogP contribution in [0.3, 0.4) is 0 Å². The number of piperazine rings is 1. The quantitative estimate of drug-likeness (QED) is 0.483. The molecule has 1 aliphatic rings. The third-order valence-corrected chi connectivity index (χ3v) is 5.07. The minimum atomic E-state index is -0.718. The van der Waals surface area contributed by atoms with E-state index in [-0.39, 0.29) is 31.4 Å². The van der Waals surface area contributed by atoms with Gasteiger partial charge in [-0.2, -0.15) is 0 Å². The van der Waals surface area contributed by atoms with Crippen molar-refractivity contribution in [3.63, 3.8) is 0 Å². The Balaban J connectivity index is 2.13. The normalized spacial score (nSPS) is 17.7. The first-order valence-corrected chi connectivity index (χ1v) is 9.07. The summed E-state index contributed by atoms with van der Waals surface area (Å²) in [7, 11) is 1.64. The molecule has 1 aromatic carbocycles. The fourth-order valence-electron chi connectivity index (χ4n) is 3.25.